The van der Waals surface area contributed by atoms with Crippen molar-refractivity contribution >= 4 is 16.9 Å². The summed E-state index contributed by atoms with van der Waals surface area (Å²) in [5.41, 5.74) is 1.04. The summed E-state index contributed by atoms with van der Waals surface area (Å²) in [5, 5.41) is 9.27. The standard InChI is InChI=1S/C14H14O4/c1-3-4-10-8(2)18-12-6-5-9(14(16)17)7-11(12)13(10)15/h5-7H,3-4H2,1-2H3,(H,16,17). The lowest BCUT2D eigenvalue weighted by Gasteiger charge is -2.06. The van der Waals surface area contributed by atoms with E-state index in [0.29, 0.717) is 28.7 Å². The van der Waals surface area contributed by atoms with Gasteiger partial charge in [-0.25, -0.2) is 4.79 Å². The van der Waals surface area contributed by atoms with Crippen molar-refractivity contribution in [3.8, 4) is 0 Å². The highest BCUT2D eigenvalue weighted by Crippen LogP contribution is 2.17. The molecular weight excluding hydrogens is 232 g/mol. The Morgan fingerprint density at radius 3 is 2.72 bits per heavy atom. The Kier molecular flexibility index (Phi) is 3.19. The first-order valence-corrected chi connectivity index (χ1v) is 5.84. The third-order valence-electron chi connectivity index (χ3n) is 2.93. The van der Waals surface area contributed by atoms with Gasteiger partial charge < -0.3 is 9.52 Å². The van der Waals surface area contributed by atoms with Crippen LogP contribution in [0, 0.1) is 6.92 Å². The maximum atomic E-state index is 12.3. The number of benzene rings is 1. The summed E-state index contributed by atoms with van der Waals surface area (Å²) in [6.45, 7) is 3.74. The van der Waals surface area contributed by atoms with Crippen molar-refractivity contribution in [1.29, 1.82) is 0 Å². The minimum Gasteiger partial charge on any atom is -0.478 e. The van der Waals surface area contributed by atoms with Gasteiger partial charge >= 0.3 is 5.97 Å². The van der Waals surface area contributed by atoms with Crippen molar-refractivity contribution in [1.82, 2.24) is 0 Å². The zero-order valence-electron chi connectivity index (χ0n) is 10.3. The second-order valence-corrected chi connectivity index (χ2v) is 4.23. The van der Waals surface area contributed by atoms with Gasteiger partial charge in [-0.1, -0.05) is 13.3 Å². The van der Waals surface area contributed by atoms with E-state index in [4.69, 9.17) is 9.52 Å². The number of carboxylic acids is 1. The molecule has 0 aliphatic carbocycles. The van der Waals surface area contributed by atoms with Gasteiger partial charge in [0.25, 0.3) is 0 Å². The molecule has 94 valence electrons. The molecule has 0 spiro atoms. The quantitative estimate of drug-likeness (QED) is 0.904. The van der Waals surface area contributed by atoms with Gasteiger partial charge in [0.05, 0.1) is 10.9 Å². The SMILES string of the molecule is CCCc1c(C)oc2ccc(C(=O)O)cc2c1=O. The number of rotatable bonds is 3. The highest BCUT2D eigenvalue weighted by Gasteiger charge is 2.12. The molecule has 0 radical (unpaired) electrons. The van der Waals surface area contributed by atoms with Crippen molar-refractivity contribution in [3.63, 3.8) is 0 Å². The normalized spacial score (nSPS) is 10.8. The van der Waals surface area contributed by atoms with Crippen molar-refractivity contribution < 1.29 is 14.3 Å². The summed E-state index contributed by atoms with van der Waals surface area (Å²) in [4.78, 5) is 23.2. The Balaban J connectivity index is 2.77. The Morgan fingerprint density at radius 1 is 1.39 bits per heavy atom. The maximum absolute atomic E-state index is 12.3. The number of carbonyl (C=O) groups is 1. The smallest absolute Gasteiger partial charge is 0.335 e. The zero-order chi connectivity index (χ0) is 13.3. The molecule has 0 bridgehead atoms. The van der Waals surface area contributed by atoms with E-state index in [2.05, 4.69) is 0 Å². The molecule has 1 aromatic heterocycles. The molecule has 0 saturated carbocycles. The van der Waals surface area contributed by atoms with Gasteiger partial charge in [-0.2, -0.15) is 0 Å². The molecule has 4 heteroatoms. The molecule has 2 rings (SSSR count). The van der Waals surface area contributed by atoms with Crippen LogP contribution in [-0.2, 0) is 6.42 Å². The van der Waals surface area contributed by atoms with Crippen LogP contribution in [-0.4, -0.2) is 11.1 Å². The first-order valence-electron chi connectivity index (χ1n) is 5.84. The molecule has 1 aromatic carbocycles. The van der Waals surface area contributed by atoms with E-state index in [0.717, 1.165) is 6.42 Å². The number of hydrogen-bond donors (Lipinski definition) is 1. The van der Waals surface area contributed by atoms with E-state index in [1.807, 2.05) is 6.92 Å². The first kappa shape index (κ1) is 12.4. The number of aryl methyl sites for hydroxylation is 1. The molecule has 0 amide bonds. The third-order valence-corrected chi connectivity index (χ3v) is 2.93. The van der Waals surface area contributed by atoms with E-state index < -0.39 is 5.97 Å². The molecule has 0 aliphatic heterocycles. The van der Waals surface area contributed by atoms with Gasteiger partial charge in [0.1, 0.15) is 11.3 Å². The van der Waals surface area contributed by atoms with Gasteiger partial charge in [-0.3, -0.25) is 4.79 Å². The zero-order valence-corrected chi connectivity index (χ0v) is 10.3. The summed E-state index contributed by atoms with van der Waals surface area (Å²) in [6.07, 6.45) is 1.48. The third kappa shape index (κ3) is 2.01. The van der Waals surface area contributed by atoms with Crippen molar-refractivity contribution in [2.45, 2.75) is 26.7 Å². The van der Waals surface area contributed by atoms with Gasteiger partial charge in [0, 0.05) is 5.56 Å². The lowest BCUT2D eigenvalue weighted by Crippen LogP contribution is -2.12. The Labute approximate surface area is 104 Å². The maximum Gasteiger partial charge on any atom is 0.335 e. The predicted molar refractivity (Wildman–Crippen MR) is 68.2 cm³/mol. The van der Waals surface area contributed by atoms with Crippen LogP contribution in [0.4, 0.5) is 0 Å². The molecule has 4 nitrogen and oxygen atoms in total. The Morgan fingerprint density at radius 2 is 2.11 bits per heavy atom. The van der Waals surface area contributed by atoms with E-state index in [1.54, 1.807) is 6.92 Å². The summed E-state index contributed by atoms with van der Waals surface area (Å²) >= 11 is 0. The summed E-state index contributed by atoms with van der Waals surface area (Å²) < 4.78 is 5.57. The summed E-state index contributed by atoms with van der Waals surface area (Å²) in [7, 11) is 0. The van der Waals surface area contributed by atoms with Gasteiger partial charge in [-0.05, 0) is 31.5 Å². The topological polar surface area (TPSA) is 67.5 Å². The van der Waals surface area contributed by atoms with Gasteiger partial charge in [0.15, 0.2) is 5.43 Å². The molecule has 0 fully saturated rings. The number of fused-ring (bicyclic) bond motifs is 1. The highest BCUT2D eigenvalue weighted by molar-refractivity contribution is 5.92. The lowest BCUT2D eigenvalue weighted by atomic mass is 10.0. The van der Waals surface area contributed by atoms with Crippen LogP contribution in [0.15, 0.2) is 27.4 Å². The lowest BCUT2D eigenvalue weighted by molar-refractivity contribution is 0.0697. The monoisotopic (exact) mass is 246 g/mol. The molecule has 2 aromatic rings. The summed E-state index contributed by atoms with van der Waals surface area (Å²) in [5.74, 6) is -0.439. The van der Waals surface area contributed by atoms with Crippen LogP contribution < -0.4 is 5.43 Å². The molecule has 1 heterocycles. The molecule has 0 aliphatic rings. The fourth-order valence-corrected chi connectivity index (χ4v) is 2.02. The number of carboxylic acid groups (broad SMARTS) is 1. The van der Waals surface area contributed by atoms with Crippen LogP contribution in [0.2, 0.25) is 0 Å². The van der Waals surface area contributed by atoms with Crippen LogP contribution in [0.5, 0.6) is 0 Å². The van der Waals surface area contributed by atoms with Crippen LogP contribution >= 0.6 is 0 Å². The van der Waals surface area contributed by atoms with E-state index in [1.165, 1.54) is 18.2 Å². The average molecular weight is 246 g/mol. The predicted octanol–water partition coefficient (Wildman–Crippen LogP) is 2.75. The van der Waals surface area contributed by atoms with Crippen LogP contribution in [0.1, 0.15) is 35.0 Å². The fraction of sp³-hybridized carbons (Fsp3) is 0.286. The van der Waals surface area contributed by atoms with E-state index in [9.17, 15) is 9.59 Å². The number of hydrogen-bond acceptors (Lipinski definition) is 3. The van der Waals surface area contributed by atoms with E-state index >= 15 is 0 Å². The van der Waals surface area contributed by atoms with E-state index in [-0.39, 0.29) is 11.0 Å². The molecular formula is C14H14O4. The number of aromatic carboxylic acids is 1. The molecule has 0 atom stereocenters. The van der Waals surface area contributed by atoms with Crippen LogP contribution in [0.3, 0.4) is 0 Å². The molecule has 0 unspecified atom stereocenters. The average Bonchev–Trinajstić information content (AvgIpc) is 2.34. The molecule has 0 saturated heterocycles. The van der Waals surface area contributed by atoms with Crippen molar-refractivity contribution in [2.75, 3.05) is 0 Å². The minimum absolute atomic E-state index is 0.0982. The highest BCUT2D eigenvalue weighted by atomic mass is 16.4. The second-order valence-electron chi connectivity index (χ2n) is 4.23. The minimum atomic E-state index is -1.05. The molecule has 1 N–H and O–H groups in total. The second kappa shape index (κ2) is 4.64. The van der Waals surface area contributed by atoms with Gasteiger partial charge in [-0.15, -0.1) is 0 Å². The fourth-order valence-electron chi connectivity index (χ4n) is 2.02. The van der Waals surface area contributed by atoms with Crippen molar-refractivity contribution in [2.24, 2.45) is 0 Å². The summed E-state index contributed by atoms with van der Waals surface area (Å²) in [6, 6.07) is 4.34. The van der Waals surface area contributed by atoms with Crippen molar-refractivity contribution in [3.05, 3.63) is 45.3 Å². The largest absolute Gasteiger partial charge is 0.478 e. The Bertz CT molecular complexity index is 667. The molecule has 18 heavy (non-hydrogen) atoms. The van der Waals surface area contributed by atoms with Crippen LogP contribution in [0.25, 0.3) is 11.0 Å². The van der Waals surface area contributed by atoms with Gasteiger partial charge in [0.2, 0.25) is 0 Å². The Hall–Kier alpha value is -2.10. The first-order chi connectivity index (χ1) is 8.54.